The molecule has 1 aliphatic carbocycles. The molecular weight excluding hydrogens is 268 g/mol. The van der Waals surface area contributed by atoms with Crippen molar-refractivity contribution in [3.63, 3.8) is 0 Å². The van der Waals surface area contributed by atoms with Gasteiger partial charge in [0.05, 0.1) is 12.3 Å². The molecule has 1 heterocycles. The van der Waals surface area contributed by atoms with Crippen molar-refractivity contribution in [3.05, 3.63) is 48.0 Å². The molecule has 0 radical (unpaired) electrons. The first-order valence-electron chi connectivity index (χ1n) is 6.87. The molecule has 4 heteroatoms. The van der Waals surface area contributed by atoms with Gasteiger partial charge in [-0.25, -0.2) is 4.98 Å². The third kappa shape index (κ3) is 3.67. The SMILES string of the molecule is Nc1ccc(SCc2ccccc2)nc1OCC1CC1. The molecule has 0 saturated heterocycles. The second-order valence-electron chi connectivity index (χ2n) is 5.07. The van der Waals surface area contributed by atoms with E-state index in [2.05, 4.69) is 29.2 Å². The molecule has 2 N–H and O–H groups in total. The molecular formula is C16H18N2OS. The molecule has 0 atom stereocenters. The predicted octanol–water partition coefficient (Wildman–Crippen LogP) is 3.74. The molecule has 3 nitrogen and oxygen atoms in total. The number of hydrogen-bond donors (Lipinski definition) is 1. The van der Waals surface area contributed by atoms with E-state index in [-0.39, 0.29) is 0 Å². The summed E-state index contributed by atoms with van der Waals surface area (Å²) in [6, 6.07) is 14.2. The average molecular weight is 286 g/mol. The normalized spacial score (nSPS) is 14.2. The lowest BCUT2D eigenvalue weighted by Crippen LogP contribution is -2.04. The first-order chi connectivity index (χ1) is 9.81. The summed E-state index contributed by atoms with van der Waals surface area (Å²) < 4.78 is 5.70. The number of aromatic nitrogens is 1. The van der Waals surface area contributed by atoms with Gasteiger partial charge in [0.15, 0.2) is 0 Å². The van der Waals surface area contributed by atoms with Crippen molar-refractivity contribution in [1.29, 1.82) is 0 Å². The number of thioether (sulfide) groups is 1. The molecule has 0 unspecified atom stereocenters. The van der Waals surface area contributed by atoms with Crippen LogP contribution in [0, 0.1) is 5.92 Å². The van der Waals surface area contributed by atoms with Crippen LogP contribution in [0.4, 0.5) is 5.69 Å². The van der Waals surface area contributed by atoms with Crippen molar-refractivity contribution in [2.24, 2.45) is 5.92 Å². The molecule has 1 fully saturated rings. The van der Waals surface area contributed by atoms with E-state index < -0.39 is 0 Å². The summed E-state index contributed by atoms with van der Waals surface area (Å²) in [7, 11) is 0. The molecule has 2 aromatic rings. The first kappa shape index (κ1) is 13.3. The van der Waals surface area contributed by atoms with Crippen LogP contribution in [0.3, 0.4) is 0 Å². The van der Waals surface area contributed by atoms with Crippen molar-refractivity contribution in [3.8, 4) is 5.88 Å². The number of nitrogens with two attached hydrogens (primary N) is 1. The summed E-state index contributed by atoms with van der Waals surface area (Å²) in [4.78, 5) is 4.50. The lowest BCUT2D eigenvalue weighted by atomic mass is 10.2. The van der Waals surface area contributed by atoms with Crippen molar-refractivity contribution in [1.82, 2.24) is 4.98 Å². The van der Waals surface area contributed by atoms with Crippen molar-refractivity contribution in [2.75, 3.05) is 12.3 Å². The van der Waals surface area contributed by atoms with Gasteiger partial charge in [0.2, 0.25) is 5.88 Å². The summed E-state index contributed by atoms with van der Waals surface area (Å²) in [5.41, 5.74) is 7.82. The van der Waals surface area contributed by atoms with Gasteiger partial charge < -0.3 is 10.5 Å². The second-order valence-corrected chi connectivity index (χ2v) is 6.07. The van der Waals surface area contributed by atoms with Crippen molar-refractivity contribution >= 4 is 17.4 Å². The number of nitrogen functional groups attached to an aromatic ring is 1. The standard InChI is InChI=1S/C16H18N2OS/c17-14-8-9-15(18-16(14)19-10-12-6-7-12)20-11-13-4-2-1-3-5-13/h1-5,8-9,12H,6-7,10-11,17H2. The van der Waals surface area contributed by atoms with Crippen molar-refractivity contribution < 1.29 is 4.74 Å². The highest BCUT2D eigenvalue weighted by Gasteiger charge is 2.22. The van der Waals surface area contributed by atoms with E-state index in [1.165, 1.54) is 18.4 Å². The average Bonchev–Trinajstić information content (AvgIpc) is 3.30. The van der Waals surface area contributed by atoms with E-state index in [1.54, 1.807) is 11.8 Å². The number of anilines is 1. The molecule has 1 aliphatic rings. The number of nitrogens with zero attached hydrogens (tertiary/aromatic N) is 1. The van der Waals surface area contributed by atoms with Crippen molar-refractivity contribution in [2.45, 2.75) is 23.6 Å². The molecule has 1 aromatic carbocycles. The maximum Gasteiger partial charge on any atom is 0.238 e. The van der Waals surface area contributed by atoms with Gasteiger partial charge >= 0.3 is 0 Å². The monoisotopic (exact) mass is 286 g/mol. The fraction of sp³-hybridized carbons (Fsp3) is 0.312. The summed E-state index contributed by atoms with van der Waals surface area (Å²) in [6.45, 7) is 0.740. The Labute approximate surface area is 123 Å². The molecule has 1 aromatic heterocycles. The topological polar surface area (TPSA) is 48.1 Å². The minimum absolute atomic E-state index is 0.579. The molecule has 0 aliphatic heterocycles. The van der Waals surface area contributed by atoms with E-state index >= 15 is 0 Å². The van der Waals surface area contributed by atoms with E-state index in [1.807, 2.05) is 18.2 Å². The van der Waals surface area contributed by atoms with E-state index in [0.717, 1.165) is 17.4 Å². The quantitative estimate of drug-likeness (QED) is 0.822. The maximum atomic E-state index is 5.91. The highest BCUT2D eigenvalue weighted by molar-refractivity contribution is 7.98. The summed E-state index contributed by atoms with van der Waals surface area (Å²) >= 11 is 1.70. The molecule has 0 spiro atoms. The third-order valence-electron chi connectivity index (χ3n) is 3.25. The largest absolute Gasteiger partial charge is 0.476 e. The van der Waals surface area contributed by atoms with Gasteiger partial charge in [-0.15, -0.1) is 11.8 Å². The van der Waals surface area contributed by atoms with E-state index in [9.17, 15) is 0 Å². The fourth-order valence-corrected chi connectivity index (χ4v) is 2.66. The Hall–Kier alpha value is -1.68. The van der Waals surface area contributed by atoms with Gasteiger partial charge in [0.25, 0.3) is 0 Å². The van der Waals surface area contributed by atoms with Gasteiger partial charge in [-0.3, -0.25) is 0 Å². The summed E-state index contributed by atoms with van der Waals surface area (Å²) in [5.74, 6) is 2.19. The summed E-state index contributed by atoms with van der Waals surface area (Å²) in [5, 5.41) is 0.953. The van der Waals surface area contributed by atoms with Crippen LogP contribution >= 0.6 is 11.8 Å². The zero-order chi connectivity index (χ0) is 13.8. The van der Waals surface area contributed by atoms with E-state index in [0.29, 0.717) is 17.5 Å². The first-order valence-corrected chi connectivity index (χ1v) is 7.86. The number of pyridine rings is 1. The molecule has 104 valence electrons. The number of hydrogen-bond acceptors (Lipinski definition) is 4. The van der Waals surface area contributed by atoms with Crippen LogP contribution in [0.25, 0.3) is 0 Å². The lowest BCUT2D eigenvalue weighted by Gasteiger charge is -2.09. The predicted molar refractivity (Wildman–Crippen MR) is 82.9 cm³/mol. The summed E-state index contributed by atoms with van der Waals surface area (Å²) in [6.07, 6.45) is 2.53. The third-order valence-corrected chi connectivity index (χ3v) is 4.25. The highest BCUT2D eigenvalue weighted by atomic mass is 32.2. The van der Waals surface area contributed by atoms with E-state index in [4.69, 9.17) is 10.5 Å². The zero-order valence-corrected chi connectivity index (χ0v) is 12.1. The Bertz CT molecular complexity index is 570. The molecule has 0 amide bonds. The minimum atomic E-state index is 0.579. The Morgan fingerprint density at radius 2 is 1.95 bits per heavy atom. The van der Waals surface area contributed by atoms with Crippen LogP contribution in [0.5, 0.6) is 5.88 Å². The fourth-order valence-electron chi connectivity index (χ4n) is 1.84. The molecule has 1 saturated carbocycles. The lowest BCUT2D eigenvalue weighted by molar-refractivity contribution is 0.288. The zero-order valence-electron chi connectivity index (χ0n) is 11.3. The number of ether oxygens (including phenoxy) is 1. The maximum absolute atomic E-state index is 5.91. The van der Waals surface area contributed by atoms with Crippen LogP contribution in [0.2, 0.25) is 0 Å². The van der Waals surface area contributed by atoms with Gasteiger partial charge in [-0.1, -0.05) is 30.3 Å². The van der Waals surface area contributed by atoms with Gasteiger partial charge in [-0.2, -0.15) is 0 Å². The Morgan fingerprint density at radius 1 is 1.15 bits per heavy atom. The Balaban J connectivity index is 1.62. The molecule has 0 bridgehead atoms. The van der Waals surface area contributed by atoms with Crippen LogP contribution in [-0.4, -0.2) is 11.6 Å². The van der Waals surface area contributed by atoms with Crippen LogP contribution in [-0.2, 0) is 5.75 Å². The van der Waals surface area contributed by atoms with Crippen LogP contribution < -0.4 is 10.5 Å². The van der Waals surface area contributed by atoms with Crippen LogP contribution in [0.15, 0.2) is 47.5 Å². The molecule has 3 rings (SSSR count). The highest BCUT2D eigenvalue weighted by Crippen LogP contribution is 2.31. The second kappa shape index (κ2) is 6.18. The smallest absolute Gasteiger partial charge is 0.238 e. The number of benzene rings is 1. The Kier molecular flexibility index (Phi) is 4.11. The van der Waals surface area contributed by atoms with Gasteiger partial charge in [0, 0.05) is 5.75 Å². The minimum Gasteiger partial charge on any atom is -0.476 e. The Morgan fingerprint density at radius 3 is 2.70 bits per heavy atom. The number of rotatable bonds is 6. The van der Waals surface area contributed by atoms with Gasteiger partial charge in [0.1, 0.15) is 5.03 Å². The van der Waals surface area contributed by atoms with Crippen LogP contribution in [0.1, 0.15) is 18.4 Å². The molecule has 20 heavy (non-hydrogen) atoms. The van der Waals surface area contributed by atoms with Gasteiger partial charge in [-0.05, 0) is 36.5 Å².